The van der Waals surface area contributed by atoms with E-state index in [9.17, 15) is 0 Å². The number of halogens is 1. The Morgan fingerprint density at radius 3 is 2.70 bits per heavy atom. The van der Waals surface area contributed by atoms with E-state index in [0.717, 1.165) is 22.3 Å². The third-order valence-corrected chi connectivity index (χ3v) is 3.44. The van der Waals surface area contributed by atoms with Crippen LogP contribution in [-0.2, 0) is 6.42 Å². The maximum atomic E-state index is 6.18. The van der Waals surface area contributed by atoms with Gasteiger partial charge in [-0.2, -0.15) is 0 Å². The van der Waals surface area contributed by atoms with Gasteiger partial charge in [0, 0.05) is 23.7 Å². The zero-order valence-electron chi connectivity index (χ0n) is 10.8. The molecule has 1 unspecified atom stereocenters. The fourth-order valence-electron chi connectivity index (χ4n) is 2.16. The second-order valence-electron chi connectivity index (χ2n) is 4.71. The van der Waals surface area contributed by atoms with Gasteiger partial charge in [-0.15, -0.1) is 0 Å². The zero-order valence-corrected chi connectivity index (χ0v) is 11.6. The summed E-state index contributed by atoms with van der Waals surface area (Å²) >= 11 is 5.83. The van der Waals surface area contributed by atoms with Crippen molar-refractivity contribution in [2.75, 3.05) is 0 Å². The lowest BCUT2D eigenvalue weighted by Crippen LogP contribution is -2.15. The normalized spacial score (nSPS) is 12.5. The molecule has 1 aromatic carbocycles. The topological polar surface area (TPSA) is 51.8 Å². The smallest absolute Gasteiger partial charge is 0.0705 e. The molecule has 100 valence electrons. The second kappa shape index (κ2) is 5.57. The van der Waals surface area contributed by atoms with Gasteiger partial charge in [-0.3, -0.25) is 9.97 Å². The molecular weight excluding hydrogens is 270 g/mol. The van der Waals surface area contributed by atoms with Gasteiger partial charge in [0.1, 0.15) is 0 Å². The largest absolute Gasteiger partial charge is 0.322 e. The van der Waals surface area contributed by atoms with Crippen LogP contribution in [0, 0.1) is 0 Å². The lowest BCUT2D eigenvalue weighted by atomic mass is 10.1. The predicted molar refractivity (Wildman–Crippen MR) is 81.6 cm³/mol. The van der Waals surface area contributed by atoms with E-state index in [2.05, 4.69) is 16.0 Å². The lowest BCUT2D eigenvalue weighted by Gasteiger charge is -2.11. The summed E-state index contributed by atoms with van der Waals surface area (Å²) in [6.45, 7) is 0. The third kappa shape index (κ3) is 2.79. The molecule has 2 N–H and O–H groups in total. The van der Waals surface area contributed by atoms with Crippen LogP contribution >= 0.6 is 11.6 Å². The number of nitrogens with two attached hydrogens (primary N) is 1. The highest BCUT2D eigenvalue weighted by Gasteiger charge is 2.09. The summed E-state index contributed by atoms with van der Waals surface area (Å²) in [6.07, 6.45) is 2.27. The van der Waals surface area contributed by atoms with Gasteiger partial charge in [0.2, 0.25) is 0 Å². The summed E-state index contributed by atoms with van der Waals surface area (Å²) in [5, 5.41) is 1.75. The minimum Gasteiger partial charge on any atom is -0.322 e. The van der Waals surface area contributed by atoms with Crippen LogP contribution in [0.2, 0.25) is 5.02 Å². The Kier molecular flexibility index (Phi) is 3.63. The van der Waals surface area contributed by atoms with E-state index in [0.29, 0.717) is 11.4 Å². The van der Waals surface area contributed by atoms with Gasteiger partial charge < -0.3 is 5.73 Å². The Labute approximate surface area is 122 Å². The number of rotatable bonds is 3. The van der Waals surface area contributed by atoms with E-state index in [1.165, 1.54) is 0 Å². The van der Waals surface area contributed by atoms with Gasteiger partial charge in [-0.1, -0.05) is 35.9 Å². The van der Waals surface area contributed by atoms with E-state index >= 15 is 0 Å². The number of aromatic nitrogens is 2. The van der Waals surface area contributed by atoms with Crippen LogP contribution in [-0.4, -0.2) is 9.97 Å². The second-order valence-corrected chi connectivity index (χ2v) is 5.14. The van der Waals surface area contributed by atoms with Crippen molar-refractivity contribution in [1.29, 1.82) is 0 Å². The lowest BCUT2D eigenvalue weighted by molar-refractivity contribution is 0.685. The van der Waals surface area contributed by atoms with Crippen LogP contribution < -0.4 is 5.73 Å². The highest BCUT2D eigenvalue weighted by Crippen LogP contribution is 2.17. The molecule has 3 rings (SSSR count). The molecule has 0 spiro atoms. The van der Waals surface area contributed by atoms with E-state index in [1.807, 2.05) is 36.4 Å². The molecule has 3 nitrogen and oxygen atoms in total. The molecule has 0 aliphatic rings. The standard InChI is InChI=1S/C16H14ClN3/c17-12-6-8-16(19-10-12)14(18)9-13-7-5-11-3-1-2-4-15(11)20-13/h1-8,10,14H,9,18H2. The average molecular weight is 284 g/mol. The van der Waals surface area contributed by atoms with Gasteiger partial charge in [-0.25, -0.2) is 0 Å². The molecule has 0 fully saturated rings. The Morgan fingerprint density at radius 1 is 1.05 bits per heavy atom. The molecule has 0 saturated carbocycles. The van der Waals surface area contributed by atoms with Crippen molar-refractivity contribution in [3.63, 3.8) is 0 Å². The summed E-state index contributed by atoms with van der Waals surface area (Å²) < 4.78 is 0. The maximum Gasteiger partial charge on any atom is 0.0705 e. The van der Waals surface area contributed by atoms with Gasteiger partial charge in [0.25, 0.3) is 0 Å². The first kappa shape index (κ1) is 13.0. The van der Waals surface area contributed by atoms with Crippen molar-refractivity contribution in [3.8, 4) is 0 Å². The summed E-state index contributed by atoms with van der Waals surface area (Å²) in [6, 6.07) is 15.6. The van der Waals surface area contributed by atoms with Crippen LogP contribution in [0.5, 0.6) is 0 Å². The molecule has 4 heteroatoms. The minimum absolute atomic E-state index is 0.180. The number of hydrogen-bond donors (Lipinski definition) is 1. The molecule has 1 atom stereocenters. The predicted octanol–water partition coefficient (Wildman–Crippen LogP) is 3.53. The van der Waals surface area contributed by atoms with Crippen molar-refractivity contribution in [1.82, 2.24) is 9.97 Å². The Balaban J connectivity index is 1.83. The van der Waals surface area contributed by atoms with Crippen molar-refractivity contribution in [2.24, 2.45) is 5.73 Å². The van der Waals surface area contributed by atoms with Crippen molar-refractivity contribution < 1.29 is 0 Å². The number of fused-ring (bicyclic) bond motifs is 1. The first-order valence-corrected chi connectivity index (χ1v) is 6.82. The molecule has 0 bridgehead atoms. The minimum atomic E-state index is -0.180. The van der Waals surface area contributed by atoms with Gasteiger partial charge in [-0.05, 0) is 24.3 Å². The van der Waals surface area contributed by atoms with Crippen LogP contribution in [0.1, 0.15) is 17.4 Å². The zero-order chi connectivity index (χ0) is 13.9. The molecule has 0 amide bonds. The summed E-state index contributed by atoms with van der Waals surface area (Å²) in [5.41, 5.74) is 8.95. The van der Waals surface area contributed by atoms with Crippen LogP contribution in [0.4, 0.5) is 0 Å². The number of nitrogens with zero attached hydrogens (tertiary/aromatic N) is 2. The van der Waals surface area contributed by atoms with Crippen molar-refractivity contribution >= 4 is 22.5 Å². The van der Waals surface area contributed by atoms with Gasteiger partial charge >= 0.3 is 0 Å². The van der Waals surface area contributed by atoms with Crippen molar-refractivity contribution in [3.05, 3.63) is 71.1 Å². The number of benzene rings is 1. The number of pyridine rings is 2. The van der Waals surface area contributed by atoms with Crippen LogP contribution in [0.15, 0.2) is 54.7 Å². The first-order chi connectivity index (χ1) is 9.72. The Morgan fingerprint density at radius 2 is 1.90 bits per heavy atom. The summed E-state index contributed by atoms with van der Waals surface area (Å²) in [7, 11) is 0. The Hall–Kier alpha value is -1.97. The summed E-state index contributed by atoms with van der Waals surface area (Å²) in [4.78, 5) is 8.88. The first-order valence-electron chi connectivity index (χ1n) is 6.44. The maximum absolute atomic E-state index is 6.18. The number of para-hydroxylation sites is 1. The van der Waals surface area contributed by atoms with Gasteiger partial charge in [0.15, 0.2) is 0 Å². The molecule has 0 aliphatic carbocycles. The molecule has 0 radical (unpaired) electrons. The average Bonchev–Trinajstić information content (AvgIpc) is 2.48. The third-order valence-electron chi connectivity index (χ3n) is 3.22. The molecule has 0 saturated heterocycles. The van der Waals surface area contributed by atoms with Crippen molar-refractivity contribution in [2.45, 2.75) is 12.5 Å². The molecule has 2 heterocycles. The Bertz CT molecular complexity index is 725. The molecular formula is C16H14ClN3. The monoisotopic (exact) mass is 283 g/mol. The fraction of sp³-hybridized carbons (Fsp3) is 0.125. The fourth-order valence-corrected chi connectivity index (χ4v) is 2.27. The van der Waals surface area contributed by atoms with E-state index < -0.39 is 0 Å². The molecule has 2 aromatic heterocycles. The van der Waals surface area contributed by atoms with E-state index in [-0.39, 0.29) is 6.04 Å². The van der Waals surface area contributed by atoms with Crippen LogP contribution in [0.3, 0.4) is 0 Å². The quantitative estimate of drug-likeness (QED) is 0.800. The van der Waals surface area contributed by atoms with Gasteiger partial charge in [0.05, 0.1) is 22.3 Å². The highest BCUT2D eigenvalue weighted by atomic mass is 35.5. The van der Waals surface area contributed by atoms with E-state index in [4.69, 9.17) is 17.3 Å². The van der Waals surface area contributed by atoms with Crippen LogP contribution in [0.25, 0.3) is 10.9 Å². The SMILES string of the molecule is NC(Cc1ccc2ccccc2n1)c1ccc(Cl)cn1. The molecule has 0 aliphatic heterocycles. The summed E-state index contributed by atoms with van der Waals surface area (Å²) in [5.74, 6) is 0. The number of hydrogen-bond acceptors (Lipinski definition) is 3. The van der Waals surface area contributed by atoms with E-state index in [1.54, 1.807) is 12.3 Å². The molecule has 20 heavy (non-hydrogen) atoms. The molecule has 3 aromatic rings. The highest BCUT2D eigenvalue weighted by molar-refractivity contribution is 6.30.